The topological polar surface area (TPSA) is 34.0 Å². The van der Waals surface area contributed by atoms with E-state index in [9.17, 15) is 0 Å². The lowest BCUT2D eigenvalue weighted by Crippen LogP contribution is -2.26. The highest BCUT2D eigenvalue weighted by atomic mass is 15.4. The second kappa shape index (κ2) is 5.75. The van der Waals surface area contributed by atoms with Gasteiger partial charge in [-0.3, -0.25) is 9.58 Å². The summed E-state index contributed by atoms with van der Waals surface area (Å²) < 4.78 is 2.03. The predicted octanol–water partition coefficient (Wildman–Crippen LogP) is 3.44. The average molecular weight is 310 g/mol. The largest absolute Gasteiger partial charge is 0.297 e. The Bertz CT molecular complexity index is 672. The molecule has 0 radical (unpaired) electrons. The van der Waals surface area contributed by atoms with Crippen molar-refractivity contribution in [1.82, 2.24) is 19.7 Å². The molecule has 1 aromatic heterocycles. The number of aromatic nitrogens is 3. The van der Waals surface area contributed by atoms with Crippen LogP contribution in [0, 0.1) is 0 Å². The van der Waals surface area contributed by atoms with Crippen molar-refractivity contribution in [3.63, 3.8) is 0 Å². The first-order valence-corrected chi connectivity index (χ1v) is 8.88. The van der Waals surface area contributed by atoms with Gasteiger partial charge >= 0.3 is 0 Å². The summed E-state index contributed by atoms with van der Waals surface area (Å²) in [6, 6.07) is 11.2. The van der Waals surface area contributed by atoms with E-state index < -0.39 is 0 Å². The summed E-state index contributed by atoms with van der Waals surface area (Å²) in [6.45, 7) is 1.16. The standard InChI is InChI=1S/C19H26N4/c1-22-14-8-4-7-11-16(22)17-20-18(21-23(17)2)19(12-13-19)15-9-5-3-6-10-15/h3,5-6,9-10,16H,4,7-8,11-14H2,1-2H3/t16-/m1/s1. The first-order chi connectivity index (χ1) is 11.2. The van der Waals surface area contributed by atoms with Crippen LogP contribution in [0.2, 0.25) is 0 Å². The number of likely N-dealkylation sites (tertiary alicyclic amines) is 1. The molecule has 1 aliphatic carbocycles. The van der Waals surface area contributed by atoms with Crippen molar-refractivity contribution in [1.29, 1.82) is 0 Å². The van der Waals surface area contributed by atoms with Crippen LogP contribution in [-0.2, 0) is 12.5 Å². The summed E-state index contributed by atoms with van der Waals surface area (Å²) in [5.74, 6) is 2.17. The second-order valence-corrected chi connectivity index (χ2v) is 7.21. The van der Waals surface area contributed by atoms with Gasteiger partial charge in [-0.2, -0.15) is 5.10 Å². The Morgan fingerprint density at radius 2 is 1.83 bits per heavy atom. The Kier molecular flexibility index (Phi) is 3.72. The van der Waals surface area contributed by atoms with E-state index in [-0.39, 0.29) is 5.41 Å². The van der Waals surface area contributed by atoms with E-state index in [1.165, 1.54) is 44.1 Å². The van der Waals surface area contributed by atoms with Gasteiger partial charge in [-0.15, -0.1) is 0 Å². The maximum atomic E-state index is 5.05. The zero-order valence-electron chi connectivity index (χ0n) is 14.2. The van der Waals surface area contributed by atoms with E-state index >= 15 is 0 Å². The van der Waals surface area contributed by atoms with E-state index in [0.29, 0.717) is 6.04 Å². The maximum absolute atomic E-state index is 5.05. The Balaban J connectivity index is 1.68. The van der Waals surface area contributed by atoms with Gasteiger partial charge in [0.15, 0.2) is 5.82 Å². The molecular formula is C19H26N4. The van der Waals surface area contributed by atoms with Crippen LogP contribution in [0.4, 0.5) is 0 Å². The van der Waals surface area contributed by atoms with Crippen molar-refractivity contribution in [2.75, 3.05) is 13.6 Å². The van der Waals surface area contributed by atoms with Gasteiger partial charge in [0.2, 0.25) is 0 Å². The number of aryl methyl sites for hydroxylation is 1. The van der Waals surface area contributed by atoms with Gasteiger partial charge in [-0.05, 0) is 44.8 Å². The summed E-state index contributed by atoms with van der Waals surface area (Å²) >= 11 is 0. The normalized spacial score (nSPS) is 24.3. The molecule has 4 rings (SSSR count). The maximum Gasteiger partial charge on any atom is 0.161 e. The molecule has 0 spiro atoms. The molecule has 1 aliphatic heterocycles. The van der Waals surface area contributed by atoms with Gasteiger partial charge in [0.25, 0.3) is 0 Å². The van der Waals surface area contributed by atoms with E-state index in [0.717, 1.165) is 18.2 Å². The molecule has 2 aromatic rings. The number of nitrogens with zero attached hydrogens (tertiary/aromatic N) is 4. The second-order valence-electron chi connectivity index (χ2n) is 7.21. The molecule has 0 unspecified atom stereocenters. The third kappa shape index (κ3) is 2.59. The molecule has 2 aliphatic rings. The van der Waals surface area contributed by atoms with Gasteiger partial charge in [0, 0.05) is 7.05 Å². The van der Waals surface area contributed by atoms with Crippen LogP contribution in [0.15, 0.2) is 30.3 Å². The minimum Gasteiger partial charge on any atom is -0.297 e. The smallest absolute Gasteiger partial charge is 0.161 e. The Morgan fingerprint density at radius 3 is 2.57 bits per heavy atom. The molecule has 2 heterocycles. The van der Waals surface area contributed by atoms with Crippen molar-refractivity contribution in [2.45, 2.75) is 50.0 Å². The fourth-order valence-electron chi connectivity index (χ4n) is 3.99. The lowest BCUT2D eigenvalue weighted by atomic mass is 9.95. The molecule has 122 valence electrons. The fourth-order valence-corrected chi connectivity index (χ4v) is 3.99. The average Bonchev–Trinajstić information content (AvgIpc) is 3.33. The zero-order valence-corrected chi connectivity index (χ0v) is 14.2. The zero-order chi connectivity index (χ0) is 15.9. The quantitative estimate of drug-likeness (QED) is 0.871. The van der Waals surface area contributed by atoms with E-state index in [1.54, 1.807) is 0 Å². The molecule has 0 bridgehead atoms. The first kappa shape index (κ1) is 14.9. The third-order valence-electron chi connectivity index (χ3n) is 5.62. The fraction of sp³-hybridized carbons (Fsp3) is 0.579. The highest BCUT2D eigenvalue weighted by Crippen LogP contribution is 2.52. The molecule has 1 atom stereocenters. The van der Waals surface area contributed by atoms with E-state index in [2.05, 4.69) is 49.3 Å². The molecule has 23 heavy (non-hydrogen) atoms. The van der Waals surface area contributed by atoms with Crippen molar-refractivity contribution in [3.05, 3.63) is 47.5 Å². The SMILES string of the molecule is CN1CCCCC[C@@H]1c1nc(C2(c3ccccc3)CC2)nn1C. The van der Waals surface area contributed by atoms with Gasteiger partial charge < -0.3 is 0 Å². The first-order valence-electron chi connectivity index (χ1n) is 8.88. The van der Waals surface area contributed by atoms with Gasteiger partial charge in [0.1, 0.15) is 5.82 Å². The molecule has 0 N–H and O–H groups in total. The van der Waals surface area contributed by atoms with Crippen molar-refractivity contribution >= 4 is 0 Å². The minimum absolute atomic E-state index is 0.0700. The van der Waals surface area contributed by atoms with Crippen LogP contribution < -0.4 is 0 Å². The van der Waals surface area contributed by atoms with E-state index in [4.69, 9.17) is 10.1 Å². The molecule has 2 fully saturated rings. The van der Waals surface area contributed by atoms with Crippen LogP contribution in [0.3, 0.4) is 0 Å². The summed E-state index contributed by atoms with van der Waals surface area (Å²) in [6.07, 6.45) is 7.45. The van der Waals surface area contributed by atoms with Crippen molar-refractivity contribution in [2.24, 2.45) is 7.05 Å². The summed E-state index contributed by atoms with van der Waals surface area (Å²) in [5, 5.41) is 4.84. The number of hydrogen-bond acceptors (Lipinski definition) is 3. The van der Waals surface area contributed by atoms with Crippen molar-refractivity contribution in [3.8, 4) is 0 Å². The Labute approximate surface area is 138 Å². The lowest BCUT2D eigenvalue weighted by molar-refractivity contribution is 0.235. The number of benzene rings is 1. The van der Waals surface area contributed by atoms with Crippen LogP contribution >= 0.6 is 0 Å². The molecule has 0 amide bonds. The minimum atomic E-state index is 0.0700. The molecular weight excluding hydrogens is 284 g/mol. The van der Waals surface area contributed by atoms with Crippen LogP contribution in [0.5, 0.6) is 0 Å². The van der Waals surface area contributed by atoms with E-state index in [1.807, 2.05) is 4.68 Å². The molecule has 1 aromatic carbocycles. The van der Waals surface area contributed by atoms with Gasteiger partial charge in [0.05, 0.1) is 11.5 Å². The predicted molar refractivity (Wildman–Crippen MR) is 91.3 cm³/mol. The summed E-state index contributed by atoms with van der Waals surface area (Å²) in [7, 11) is 4.29. The van der Waals surface area contributed by atoms with Crippen LogP contribution in [0.25, 0.3) is 0 Å². The lowest BCUT2D eigenvalue weighted by Gasteiger charge is -2.24. The van der Waals surface area contributed by atoms with Gasteiger partial charge in [-0.1, -0.05) is 43.2 Å². The van der Waals surface area contributed by atoms with Crippen molar-refractivity contribution < 1.29 is 0 Å². The molecule has 4 nitrogen and oxygen atoms in total. The molecule has 1 saturated carbocycles. The Hall–Kier alpha value is -1.68. The van der Waals surface area contributed by atoms with Crippen LogP contribution in [-0.4, -0.2) is 33.3 Å². The van der Waals surface area contributed by atoms with Crippen LogP contribution in [0.1, 0.15) is 61.8 Å². The third-order valence-corrected chi connectivity index (χ3v) is 5.62. The number of hydrogen-bond donors (Lipinski definition) is 0. The summed E-state index contributed by atoms with van der Waals surface area (Å²) in [5.41, 5.74) is 1.44. The Morgan fingerprint density at radius 1 is 1.04 bits per heavy atom. The highest BCUT2D eigenvalue weighted by molar-refractivity contribution is 5.39. The summed E-state index contributed by atoms with van der Waals surface area (Å²) in [4.78, 5) is 7.51. The molecule has 4 heteroatoms. The van der Waals surface area contributed by atoms with Gasteiger partial charge in [-0.25, -0.2) is 4.98 Å². The monoisotopic (exact) mass is 310 g/mol. The highest BCUT2D eigenvalue weighted by Gasteiger charge is 2.49. The molecule has 1 saturated heterocycles. The number of rotatable bonds is 3.